The third-order valence-corrected chi connectivity index (χ3v) is 3.52. The minimum Gasteiger partial charge on any atom is -0.439 e. The van der Waals surface area contributed by atoms with Crippen LogP contribution < -0.4 is 10.1 Å². The van der Waals surface area contributed by atoms with Gasteiger partial charge in [-0.2, -0.15) is 0 Å². The number of ether oxygens (including phenoxy) is 1. The number of nitrogens with one attached hydrogen (secondary N) is 1. The average Bonchev–Trinajstić information content (AvgIpc) is 2.42. The van der Waals surface area contributed by atoms with Gasteiger partial charge in [-0.1, -0.05) is 41.4 Å². The van der Waals surface area contributed by atoms with E-state index in [0.717, 1.165) is 15.8 Å². The molecular formula is C15H16BrClN2O. The first kappa shape index (κ1) is 15.3. The summed E-state index contributed by atoms with van der Waals surface area (Å²) in [6.07, 6.45) is 1.62. The van der Waals surface area contributed by atoms with E-state index in [4.69, 9.17) is 16.3 Å². The lowest BCUT2D eigenvalue weighted by atomic mass is 10.2. The van der Waals surface area contributed by atoms with Crippen molar-refractivity contribution < 1.29 is 4.74 Å². The van der Waals surface area contributed by atoms with Crippen LogP contribution in [0.1, 0.15) is 19.4 Å². The van der Waals surface area contributed by atoms with Crippen molar-refractivity contribution in [3.8, 4) is 11.6 Å². The predicted molar refractivity (Wildman–Crippen MR) is 85.4 cm³/mol. The highest BCUT2D eigenvalue weighted by Gasteiger charge is 2.06. The maximum Gasteiger partial charge on any atom is 0.219 e. The van der Waals surface area contributed by atoms with Crippen LogP contribution in [-0.4, -0.2) is 11.0 Å². The highest BCUT2D eigenvalue weighted by molar-refractivity contribution is 9.10. The van der Waals surface area contributed by atoms with Gasteiger partial charge < -0.3 is 10.1 Å². The van der Waals surface area contributed by atoms with Crippen LogP contribution >= 0.6 is 27.5 Å². The molecule has 1 heterocycles. The number of hydrogen-bond acceptors (Lipinski definition) is 3. The van der Waals surface area contributed by atoms with Gasteiger partial charge in [0, 0.05) is 29.3 Å². The summed E-state index contributed by atoms with van der Waals surface area (Å²) in [7, 11) is 0. The van der Waals surface area contributed by atoms with Crippen LogP contribution in [0, 0.1) is 0 Å². The Labute approximate surface area is 132 Å². The van der Waals surface area contributed by atoms with E-state index in [1.165, 1.54) is 0 Å². The Balaban J connectivity index is 2.12. The summed E-state index contributed by atoms with van der Waals surface area (Å²) in [4.78, 5) is 4.19. The summed E-state index contributed by atoms with van der Waals surface area (Å²) in [5.74, 6) is 1.28. The first-order valence-corrected chi connectivity index (χ1v) is 7.53. The second-order valence-electron chi connectivity index (χ2n) is 4.71. The molecule has 0 bridgehead atoms. The molecule has 0 aliphatic carbocycles. The Morgan fingerprint density at radius 1 is 1.30 bits per heavy atom. The molecule has 0 radical (unpaired) electrons. The molecule has 1 aromatic carbocycles. The molecule has 0 spiro atoms. The Kier molecular flexibility index (Phi) is 5.40. The maximum absolute atomic E-state index is 6.14. The average molecular weight is 356 g/mol. The van der Waals surface area contributed by atoms with Crippen LogP contribution in [0.15, 0.2) is 41.0 Å². The predicted octanol–water partition coefficient (Wildman–Crippen LogP) is 4.79. The van der Waals surface area contributed by atoms with Crippen molar-refractivity contribution in [3.05, 3.63) is 51.6 Å². The first-order valence-electron chi connectivity index (χ1n) is 6.36. The van der Waals surface area contributed by atoms with Gasteiger partial charge >= 0.3 is 0 Å². The molecule has 0 atom stereocenters. The number of nitrogens with zero attached hydrogens (tertiary/aromatic N) is 1. The van der Waals surface area contributed by atoms with E-state index >= 15 is 0 Å². The third kappa shape index (κ3) is 4.47. The summed E-state index contributed by atoms with van der Waals surface area (Å²) in [6, 6.07) is 9.87. The molecule has 1 N–H and O–H groups in total. The van der Waals surface area contributed by atoms with Crippen LogP contribution in [0.25, 0.3) is 0 Å². The van der Waals surface area contributed by atoms with Gasteiger partial charge in [0.15, 0.2) is 0 Å². The summed E-state index contributed by atoms with van der Waals surface area (Å²) in [5, 5.41) is 3.97. The van der Waals surface area contributed by atoms with E-state index in [1.807, 2.05) is 30.3 Å². The van der Waals surface area contributed by atoms with E-state index in [1.54, 1.807) is 6.20 Å². The normalized spacial score (nSPS) is 10.8. The summed E-state index contributed by atoms with van der Waals surface area (Å²) >= 11 is 9.53. The fraction of sp³-hybridized carbons (Fsp3) is 0.267. The maximum atomic E-state index is 6.14. The lowest BCUT2D eigenvalue weighted by molar-refractivity contribution is 0.461. The van der Waals surface area contributed by atoms with Crippen LogP contribution in [0.3, 0.4) is 0 Å². The molecular weight excluding hydrogens is 340 g/mol. The van der Waals surface area contributed by atoms with Gasteiger partial charge in [-0.25, -0.2) is 4.98 Å². The molecule has 0 aliphatic rings. The lowest BCUT2D eigenvalue weighted by Crippen LogP contribution is -2.22. The van der Waals surface area contributed by atoms with Crippen LogP contribution in [0.2, 0.25) is 5.02 Å². The molecule has 0 fully saturated rings. The van der Waals surface area contributed by atoms with Crippen LogP contribution in [0.5, 0.6) is 11.6 Å². The highest BCUT2D eigenvalue weighted by atomic mass is 79.9. The molecule has 0 amide bonds. The number of benzene rings is 1. The van der Waals surface area contributed by atoms with Gasteiger partial charge in [0.1, 0.15) is 5.75 Å². The van der Waals surface area contributed by atoms with Crippen molar-refractivity contribution in [2.75, 3.05) is 0 Å². The van der Waals surface area contributed by atoms with Crippen molar-refractivity contribution in [1.29, 1.82) is 0 Å². The number of halogens is 2. The number of aromatic nitrogens is 1. The molecule has 0 unspecified atom stereocenters. The van der Waals surface area contributed by atoms with Gasteiger partial charge in [0.05, 0.1) is 5.02 Å². The molecule has 0 saturated heterocycles. The van der Waals surface area contributed by atoms with Crippen molar-refractivity contribution in [3.63, 3.8) is 0 Å². The molecule has 0 aliphatic heterocycles. The largest absolute Gasteiger partial charge is 0.439 e. The lowest BCUT2D eigenvalue weighted by Gasteiger charge is -2.11. The van der Waals surface area contributed by atoms with E-state index < -0.39 is 0 Å². The van der Waals surface area contributed by atoms with E-state index in [0.29, 0.717) is 23.5 Å². The first-order chi connectivity index (χ1) is 9.54. The fourth-order valence-electron chi connectivity index (χ4n) is 1.59. The van der Waals surface area contributed by atoms with Crippen molar-refractivity contribution in [2.24, 2.45) is 0 Å². The van der Waals surface area contributed by atoms with Crippen molar-refractivity contribution >= 4 is 27.5 Å². The monoisotopic (exact) mass is 354 g/mol. The Hall–Kier alpha value is -1.10. The zero-order valence-electron chi connectivity index (χ0n) is 11.4. The highest BCUT2D eigenvalue weighted by Crippen LogP contribution is 2.25. The zero-order chi connectivity index (χ0) is 14.5. The third-order valence-electron chi connectivity index (χ3n) is 2.65. The van der Waals surface area contributed by atoms with Gasteiger partial charge in [0.25, 0.3) is 0 Å². The Morgan fingerprint density at radius 2 is 2.00 bits per heavy atom. The van der Waals surface area contributed by atoms with E-state index in [-0.39, 0.29) is 0 Å². The van der Waals surface area contributed by atoms with Crippen molar-refractivity contribution in [2.45, 2.75) is 26.4 Å². The van der Waals surface area contributed by atoms with Crippen LogP contribution in [-0.2, 0) is 6.54 Å². The molecule has 5 heteroatoms. The number of hydrogen-bond donors (Lipinski definition) is 1. The smallest absolute Gasteiger partial charge is 0.219 e. The molecule has 106 valence electrons. The molecule has 2 aromatic rings. The molecule has 3 nitrogen and oxygen atoms in total. The number of pyridine rings is 1. The van der Waals surface area contributed by atoms with Gasteiger partial charge in [-0.3, -0.25) is 0 Å². The van der Waals surface area contributed by atoms with Gasteiger partial charge in [-0.15, -0.1) is 0 Å². The fourth-order valence-corrected chi connectivity index (χ4v) is 2.02. The second kappa shape index (κ2) is 7.07. The topological polar surface area (TPSA) is 34.1 Å². The molecule has 0 saturated carbocycles. The zero-order valence-corrected chi connectivity index (χ0v) is 13.7. The van der Waals surface area contributed by atoms with Crippen LogP contribution in [0.4, 0.5) is 0 Å². The Bertz CT molecular complexity index is 573. The second-order valence-corrected chi connectivity index (χ2v) is 6.03. The molecule has 20 heavy (non-hydrogen) atoms. The van der Waals surface area contributed by atoms with Crippen molar-refractivity contribution in [1.82, 2.24) is 10.3 Å². The summed E-state index contributed by atoms with van der Waals surface area (Å²) < 4.78 is 6.73. The minimum atomic E-state index is 0.398. The summed E-state index contributed by atoms with van der Waals surface area (Å²) in [5.41, 5.74) is 0.975. The quantitative estimate of drug-likeness (QED) is 0.837. The number of rotatable bonds is 5. The standard InChI is InChI=1S/C15H16BrClN2O/c1-10(2)18-8-11-7-15(19-9-14(11)17)20-13-5-3-12(16)4-6-13/h3-7,9-10,18H,8H2,1-2H3. The van der Waals surface area contributed by atoms with Gasteiger partial charge in [0.2, 0.25) is 5.88 Å². The Morgan fingerprint density at radius 3 is 2.65 bits per heavy atom. The SMILES string of the molecule is CC(C)NCc1cc(Oc2ccc(Br)cc2)ncc1Cl. The summed E-state index contributed by atoms with van der Waals surface area (Å²) in [6.45, 7) is 4.87. The molecule has 1 aromatic heterocycles. The van der Waals surface area contributed by atoms with Gasteiger partial charge in [-0.05, 0) is 29.8 Å². The van der Waals surface area contributed by atoms with E-state index in [9.17, 15) is 0 Å². The minimum absolute atomic E-state index is 0.398. The molecule has 2 rings (SSSR count). The van der Waals surface area contributed by atoms with E-state index in [2.05, 4.69) is 40.1 Å².